The predicted molar refractivity (Wildman–Crippen MR) is 511 cm³/mol. The van der Waals surface area contributed by atoms with E-state index in [1.54, 1.807) is 127 Å². The number of hydrogen-bond acceptors (Lipinski definition) is 0. The zero-order chi connectivity index (χ0) is 82.7. The Kier molecular flexibility index (Phi) is 43.9. The molecule has 14 saturated carbocycles. The van der Waals surface area contributed by atoms with E-state index in [-0.39, 0.29) is 0 Å². The normalized spacial score (nSPS) is 31.6. The summed E-state index contributed by atoms with van der Waals surface area (Å²) in [5.74, 6) is 13.2. The maximum absolute atomic E-state index is 2.42. The minimum Gasteiger partial charge on any atom is -0.0683 e. The van der Waals surface area contributed by atoms with E-state index in [4.69, 9.17) is 0 Å². The fourth-order valence-electron chi connectivity index (χ4n) is 30.0. The van der Waals surface area contributed by atoms with Crippen molar-refractivity contribution in [2.75, 3.05) is 0 Å². The van der Waals surface area contributed by atoms with Gasteiger partial charge in [0.2, 0.25) is 0 Å². The molecular weight excluding hydrogens is 1370 g/mol. The Morgan fingerprint density at radius 2 is 0.579 bits per heavy atom. The number of hydrogen-bond donors (Lipinski definition) is 0. The smallest absolute Gasteiger partial charge is 0.00464 e. The van der Waals surface area contributed by atoms with E-state index in [1.807, 2.05) is 27.7 Å². The number of rotatable bonds is 30. The maximum atomic E-state index is 2.42. The van der Waals surface area contributed by atoms with Gasteiger partial charge >= 0.3 is 0 Å². The van der Waals surface area contributed by atoms with Gasteiger partial charge in [0.1, 0.15) is 0 Å². The van der Waals surface area contributed by atoms with E-state index in [2.05, 4.69) is 159 Å². The van der Waals surface area contributed by atoms with Gasteiger partial charge in [0.25, 0.3) is 0 Å². The van der Waals surface area contributed by atoms with Crippen LogP contribution in [0.25, 0.3) is 0 Å². The fraction of sp³-hybridized carbons (Fsp3) is 0.895. The molecule has 0 radical (unpaired) electrons. The Morgan fingerprint density at radius 1 is 0.263 bits per heavy atom. The minimum absolute atomic E-state index is 0.545. The van der Waals surface area contributed by atoms with Gasteiger partial charge in [-0.2, -0.15) is 0 Å². The molecule has 14 aliphatic rings. The zero-order valence-corrected chi connectivity index (χ0v) is 81.4. The first kappa shape index (κ1) is 99.5. The first-order valence-electron chi connectivity index (χ1n) is 53.6. The molecule has 0 N–H and O–H groups in total. The third-order valence-corrected chi connectivity index (χ3v) is 37.5. The lowest BCUT2D eigenvalue weighted by atomic mass is 9.51. The predicted octanol–water partition coefficient (Wildman–Crippen LogP) is 38.3. The molecule has 0 aliphatic heterocycles. The molecule has 2 aromatic carbocycles. The van der Waals surface area contributed by atoms with Crippen LogP contribution in [-0.4, -0.2) is 0 Å². The minimum atomic E-state index is 0.545. The van der Waals surface area contributed by atoms with Crippen molar-refractivity contribution >= 4 is 0 Å². The van der Waals surface area contributed by atoms with Crippen LogP contribution in [0.1, 0.15) is 552 Å². The summed E-state index contributed by atoms with van der Waals surface area (Å²) in [5.41, 5.74) is 12.0. The Hall–Kier alpha value is -1.56. The monoisotopic (exact) mass is 1570 g/mol. The second-order valence-corrected chi connectivity index (χ2v) is 43.4. The van der Waals surface area contributed by atoms with E-state index in [0.29, 0.717) is 10.8 Å². The lowest BCUT2D eigenvalue weighted by Gasteiger charge is -2.54. The molecule has 6 unspecified atom stereocenters. The van der Waals surface area contributed by atoms with Gasteiger partial charge in [0.15, 0.2) is 0 Å². The fourth-order valence-corrected chi connectivity index (χ4v) is 30.0. The van der Waals surface area contributed by atoms with Gasteiger partial charge in [-0.15, -0.1) is 0 Å². The Morgan fingerprint density at radius 3 is 0.895 bits per heavy atom. The van der Waals surface area contributed by atoms with Crippen molar-refractivity contribution in [1.29, 1.82) is 0 Å². The highest BCUT2D eigenvalue weighted by molar-refractivity contribution is 5.32. The largest absolute Gasteiger partial charge is 0.0683 e. The average molecular weight is 1570 g/mol. The van der Waals surface area contributed by atoms with Crippen LogP contribution < -0.4 is 0 Å². The Labute approximate surface area is 717 Å². The van der Waals surface area contributed by atoms with Gasteiger partial charge in [-0.25, -0.2) is 0 Å². The van der Waals surface area contributed by atoms with Gasteiger partial charge in [-0.05, 0) is 419 Å². The summed E-state index contributed by atoms with van der Waals surface area (Å²) in [6.45, 7) is 45.8. The van der Waals surface area contributed by atoms with Crippen LogP contribution in [0, 0.1) is 103 Å². The molecule has 16 rings (SSSR count). The maximum Gasteiger partial charge on any atom is -0.00464 e. The van der Waals surface area contributed by atoms with Crippen molar-refractivity contribution in [3.05, 3.63) is 70.8 Å². The van der Waals surface area contributed by atoms with E-state index >= 15 is 0 Å². The van der Waals surface area contributed by atoms with Gasteiger partial charge in [-0.3, -0.25) is 0 Å². The highest BCUT2D eigenvalue weighted by atomic mass is 14.6. The van der Waals surface area contributed by atoms with E-state index in [0.717, 1.165) is 105 Å². The highest BCUT2D eigenvalue weighted by Crippen LogP contribution is 2.65. The second kappa shape index (κ2) is 50.3. The zero-order valence-electron chi connectivity index (χ0n) is 81.4. The van der Waals surface area contributed by atoms with Gasteiger partial charge in [0.05, 0.1) is 0 Å². The summed E-state index contributed by atoms with van der Waals surface area (Å²) in [5, 5.41) is 0. The third-order valence-electron chi connectivity index (χ3n) is 37.5. The molecular formula is C114H204. The molecule has 0 nitrogen and oxygen atoms in total. The average Bonchev–Trinajstić information content (AvgIpc) is 1.52. The summed E-state index contributed by atoms with van der Waals surface area (Å²) in [6, 6.07) is 19.0. The van der Waals surface area contributed by atoms with Crippen molar-refractivity contribution in [2.24, 2.45) is 103 Å². The second-order valence-electron chi connectivity index (χ2n) is 43.4. The first-order valence-corrected chi connectivity index (χ1v) is 53.6. The summed E-state index contributed by atoms with van der Waals surface area (Å²) in [6.07, 6.45) is 91.8. The molecule has 0 amide bonds. The van der Waals surface area contributed by atoms with E-state index < -0.39 is 0 Å². The molecule has 6 atom stereocenters. The van der Waals surface area contributed by atoms with E-state index in [9.17, 15) is 0 Å². The molecule has 14 fully saturated rings. The molecule has 660 valence electrons. The van der Waals surface area contributed by atoms with Gasteiger partial charge in [0, 0.05) is 0 Å². The van der Waals surface area contributed by atoms with Crippen LogP contribution in [0.15, 0.2) is 48.5 Å². The van der Waals surface area contributed by atoms with Crippen LogP contribution >= 0.6 is 0 Å². The number of aryl methyl sites for hydroxylation is 2. The number of benzene rings is 2. The summed E-state index contributed by atoms with van der Waals surface area (Å²) in [7, 11) is 0. The summed E-state index contributed by atoms with van der Waals surface area (Å²) in [4.78, 5) is 0. The van der Waals surface area contributed by atoms with Crippen LogP contribution in [0.2, 0.25) is 0 Å². The number of fused-ring (bicyclic) bond motifs is 11. The summed E-state index contributed by atoms with van der Waals surface area (Å²) >= 11 is 0. The lowest BCUT2D eigenvalue weighted by molar-refractivity contribution is -0.0134. The van der Waals surface area contributed by atoms with Crippen molar-refractivity contribution in [3.8, 4) is 0 Å². The van der Waals surface area contributed by atoms with Crippen molar-refractivity contribution < 1.29 is 0 Å². The standard InChI is InChI=1S/C24H46.C20H38.C20H32.C18H26.C16H28.C12H22.2C2H6/c1-5-13-23(14-6-2)17-9-21(10-18-23)22-11-19-24(15-7-3,16-8-4)20-12-22;2*1-4-13-20(14-5-2)15-11-19(12-16-20)18-9-7-17(6-3)8-10-18;1-3-15-5-7-16(8-6-15)18-12-9-17(4-2,10-13-18)11-14-18;1-3-5-11-7-14-13-9-12(6-4-2)15(10-13)16(14)8-11;1-3-11-5-8-12(4-2,9-6-11)10-7-11;2*1-2/h21-22H,5-20H2,1-4H3;17-19H,4-16H2,1-3H3;7-10,19H,4-6,11-16H2,1-3H3;5-8H,3-4,9-14H2,1-2H3;11-16H,3-10H2,1-2H3;3-10H2,1-2H3;2*1-2H3. The van der Waals surface area contributed by atoms with Crippen molar-refractivity contribution in [3.63, 3.8) is 0 Å². The van der Waals surface area contributed by atoms with Crippen LogP contribution in [0.5, 0.6) is 0 Å². The highest BCUT2D eigenvalue weighted by Gasteiger charge is 2.56. The molecule has 0 saturated heterocycles. The molecule has 0 spiro atoms. The molecule has 2 aromatic rings. The van der Waals surface area contributed by atoms with Crippen LogP contribution in [0.3, 0.4) is 0 Å². The van der Waals surface area contributed by atoms with E-state index in [1.165, 1.54) is 293 Å². The van der Waals surface area contributed by atoms with Gasteiger partial charge in [-0.1, -0.05) is 303 Å². The molecule has 6 bridgehead atoms. The molecule has 0 heterocycles. The molecule has 14 aliphatic carbocycles. The SMILES string of the molecule is CC.CC.CCC12CCC(CC)(CC1)CC2.CCCC1(CCC)CCC(C2CCC(CC)CC2)CC1.CCCC1(CCC)CCC(C2CCC(CCC)(CCC)CC2)CC1.CCCC1(CCC)CCC(c2ccc(CC)cc2)CC1.CCCC1CC2C3CC(CCC)C(C3)C2C1.CCc1ccc(C23CCC(CC)(CC2)CC3)cc1. The Bertz CT molecular complexity index is 2610. The van der Waals surface area contributed by atoms with Crippen LogP contribution in [0.4, 0.5) is 0 Å². The van der Waals surface area contributed by atoms with Gasteiger partial charge < -0.3 is 0 Å². The topological polar surface area (TPSA) is 0 Å². The quantitative estimate of drug-likeness (QED) is 0.0731. The van der Waals surface area contributed by atoms with Crippen molar-refractivity contribution in [2.45, 2.75) is 548 Å². The van der Waals surface area contributed by atoms with Crippen LogP contribution in [-0.2, 0) is 18.3 Å². The molecule has 0 heteroatoms. The third kappa shape index (κ3) is 27.0. The molecule has 0 aromatic heterocycles. The molecule has 114 heavy (non-hydrogen) atoms. The van der Waals surface area contributed by atoms with Crippen molar-refractivity contribution in [1.82, 2.24) is 0 Å². The Balaban J connectivity index is 0.000000189. The lowest BCUT2D eigenvalue weighted by Crippen LogP contribution is -2.43. The summed E-state index contributed by atoms with van der Waals surface area (Å²) < 4.78 is 0. The first-order chi connectivity index (χ1) is 55.4.